The second-order valence-corrected chi connectivity index (χ2v) is 4.62. The third-order valence-corrected chi connectivity index (χ3v) is 2.94. The minimum Gasteiger partial charge on any atom is -0.395 e. The number of rotatable bonds is 6. The minimum absolute atomic E-state index is 0.196. The fraction of sp³-hybridized carbons (Fsp3) is 0.538. The van der Waals surface area contributed by atoms with Gasteiger partial charge in [0, 0.05) is 17.1 Å². The topological polar surface area (TPSA) is 32.3 Å². The van der Waals surface area contributed by atoms with Crippen LogP contribution in [0.4, 0.5) is 0 Å². The first kappa shape index (κ1) is 13.5. The van der Waals surface area contributed by atoms with E-state index in [1.807, 2.05) is 24.3 Å². The number of halogens is 1. The van der Waals surface area contributed by atoms with E-state index in [0.717, 1.165) is 17.9 Å². The van der Waals surface area contributed by atoms with Gasteiger partial charge in [0.2, 0.25) is 0 Å². The van der Waals surface area contributed by atoms with E-state index in [-0.39, 0.29) is 12.6 Å². The third kappa shape index (κ3) is 4.52. The predicted octanol–water partition coefficient (Wildman–Crippen LogP) is 2.63. The number of benzene rings is 1. The fourth-order valence-electron chi connectivity index (χ4n) is 1.73. The van der Waals surface area contributed by atoms with Gasteiger partial charge in [-0.2, -0.15) is 0 Å². The van der Waals surface area contributed by atoms with Crippen molar-refractivity contribution >= 4 is 11.6 Å². The number of hydrogen-bond acceptors (Lipinski definition) is 2. The van der Waals surface area contributed by atoms with Crippen molar-refractivity contribution in [1.82, 2.24) is 5.32 Å². The summed E-state index contributed by atoms with van der Waals surface area (Å²) in [7, 11) is 0. The molecule has 3 heteroatoms. The van der Waals surface area contributed by atoms with Gasteiger partial charge in [-0.15, -0.1) is 0 Å². The quantitative estimate of drug-likeness (QED) is 0.803. The molecule has 1 rings (SSSR count). The summed E-state index contributed by atoms with van der Waals surface area (Å²) in [5.74, 6) is 0. The molecule has 90 valence electrons. The summed E-state index contributed by atoms with van der Waals surface area (Å²) in [5.41, 5.74) is 1.26. The fourth-order valence-corrected chi connectivity index (χ4v) is 1.86. The molecule has 1 unspecified atom stereocenters. The first-order valence-electron chi connectivity index (χ1n) is 5.77. The van der Waals surface area contributed by atoms with Gasteiger partial charge < -0.3 is 10.4 Å². The normalized spacial score (nSPS) is 14.8. The summed E-state index contributed by atoms with van der Waals surface area (Å²) in [6, 6.07) is 8.46. The van der Waals surface area contributed by atoms with Gasteiger partial charge in [-0.1, -0.05) is 30.7 Å². The van der Waals surface area contributed by atoms with E-state index in [1.165, 1.54) is 5.56 Å². The van der Waals surface area contributed by atoms with E-state index in [1.54, 1.807) is 0 Å². The molecule has 1 aromatic rings. The van der Waals surface area contributed by atoms with Gasteiger partial charge in [0.15, 0.2) is 0 Å². The van der Waals surface area contributed by atoms with Crippen LogP contribution in [-0.4, -0.2) is 23.8 Å². The van der Waals surface area contributed by atoms with Crippen LogP contribution in [0, 0.1) is 0 Å². The Kier molecular flexibility index (Phi) is 5.81. The van der Waals surface area contributed by atoms with Crippen LogP contribution in [0.5, 0.6) is 0 Å². The molecule has 0 aromatic heterocycles. The highest BCUT2D eigenvalue weighted by Crippen LogP contribution is 2.11. The van der Waals surface area contributed by atoms with Crippen molar-refractivity contribution in [2.45, 2.75) is 38.8 Å². The van der Waals surface area contributed by atoms with Crippen LogP contribution in [0.25, 0.3) is 0 Å². The lowest BCUT2D eigenvalue weighted by Gasteiger charge is -2.20. The molecule has 0 fully saturated rings. The number of aliphatic hydroxyl groups is 1. The average molecular weight is 242 g/mol. The maximum atomic E-state index is 9.10. The molecule has 0 aliphatic carbocycles. The monoisotopic (exact) mass is 241 g/mol. The summed E-state index contributed by atoms with van der Waals surface area (Å²) >= 11 is 5.83. The highest BCUT2D eigenvalue weighted by molar-refractivity contribution is 6.30. The van der Waals surface area contributed by atoms with Gasteiger partial charge in [-0.05, 0) is 37.5 Å². The standard InChI is InChI=1S/C13H20ClNO/c1-3-13(9-16)15-10(2)8-11-4-6-12(14)7-5-11/h4-7,10,13,15-16H,3,8-9H2,1-2H3/t10?,13-/m0/s1. The molecule has 2 N–H and O–H groups in total. The van der Waals surface area contributed by atoms with Crippen LogP contribution in [0.2, 0.25) is 5.02 Å². The van der Waals surface area contributed by atoms with Crippen molar-refractivity contribution in [3.63, 3.8) is 0 Å². The maximum Gasteiger partial charge on any atom is 0.0584 e. The predicted molar refractivity (Wildman–Crippen MR) is 68.9 cm³/mol. The van der Waals surface area contributed by atoms with Crippen molar-refractivity contribution in [1.29, 1.82) is 0 Å². The Morgan fingerprint density at radius 1 is 1.31 bits per heavy atom. The molecular formula is C13H20ClNO. The Hall–Kier alpha value is -0.570. The molecule has 0 radical (unpaired) electrons. The highest BCUT2D eigenvalue weighted by Gasteiger charge is 2.09. The largest absolute Gasteiger partial charge is 0.395 e. The number of hydrogen-bond donors (Lipinski definition) is 2. The summed E-state index contributed by atoms with van der Waals surface area (Å²) in [4.78, 5) is 0. The molecule has 16 heavy (non-hydrogen) atoms. The van der Waals surface area contributed by atoms with E-state index >= 15 is 0 Å². The van der Waals surface area contributed by atoms with Crippen molar-refractivity contribution < 1.29 is 5.11 Å². The van der Waals surface area contributed by atoms with Crippen molar-refractivity contribution in [3.8, 4) is 0 Å². The van der Waals surface area contributed by atoms with Crippen molar-refractivity contribution in [3.05, 3.63) is 34.9 Å². The Bertz CT molecular complexity index is 295. The second kappa shape index (κ2) is 6.89. The molecule has 0 saturated carbocycles. The lowest BCUT2D eigenvalue weighted by Crippen LogP contribution is -2.39. The zero-order valence-electron chi connectivity index (χ0n) is 9.91. The maximum absolute atomic E-state index is 9.10. The van der Waals surface area contributed by atoms with Crippen LogP contribution in [0.3, 0.4) is 0 Å². The molecule has 0 aliphatic rings. The Balaban J connectivity index is 2.44. The van der Waals surface area contributed by atoms with Crippen LogP contribution < -0.4 is 5.32 Å². The number of nitrogens with one attached hydrogen (secondary N) is 1. The van der Waals surface area contributed by atoms with Gasteiger partial charge >= 0.3 is 0 Å². The molecule has 2 nitrogen and oxygen atoms in total. The Morgan fingerprint density at radius 3 is 2.44 bits per heavy atom. The molecule has 2 atom stereocenters. The van der Waals surface area contributed by atoms with E-state index in [9.17, 15) is 0 Å². The molecule has 1 aromatic carbocycles. The van der Waals surface area contributed by atoms with Gasteiger partial charge in [0.1, 0.15) is 0 Å². The summed E-state index contributed by atoms with van der Waals surface area (Å²) in [6.07, 6.45) is 1.90. The van der Waals surface area contributed by atoms with Crippen LogP contribution in [-0.2, 0) is 6.42 Å². The molecule has 0 spiro atoms. The van der Waals surface area contributed by atoms with Crippen molar-refractivity contribution in [2.24, 2.45) is 0 Å². The van der Waals surface area contributed by atoms with Gasteiger partial charge in [0.05, 0.1) is 6.61 Å². The zero-order chi connectivity index (χ0) is 12.0. The highest BCUT2D eigenvalue weighted by atomic mass is 35.5. The lowest BCUT2D eigenvalue weighted by molar-refractivity contribution is 0.229. The Labute approximate surface area is 103 Å². The smallest absolute Gasteiger partial charge is 0.0584 e. The van der Waals surface area contributed by atoms with Crippen LogP contribution in [0.1, 0.15) is 25.8 Å². The first-order valence-corrected chi connectivity index (χ1v) is 6.14. The van der Waals surface area contributed by atoms with E-state index in [0.29, 0.717) is 6.04 Å². The second-order valence-electron chi connectivity index (χ2n) is 4.19. The van der Waals surface area contributed by atoms with Crippen LogP contribution >= 0.6 is 11.6 Å². The van der Waals surface area contributed by atoms with Gasteiger partial charge in [-0.3, -0.25) is 0 Å². The van der Waals surface area contributed by atoms with Gasteiger partial charge in [0.25, 0.3) is 0 Å². The molecule has 0 aliphatic heterocycles. The minimum atomic E-state index is 0.196. The van der Waals surface area contributed by atoms with E-state index in [2.05, 4.69) is 19.2 Å². The Morgan fingerprint density at radius 2 is 1.94 bits per heavy atom. The summed E-state index contributed by atoms with van der Waals surface area (Å²) in [6.45, 7) is 4.40. The van der Waals surface area contributed by atoms with E-state index in [4.69, 9.17) is 16.7 Å². The number of aliphatic hydroxyl groups excluding tert-OH is 1. The van der Waals surface area contributed by atoms with Gasteiger partial charge in [-0.25, -0.2) is 0 Å². The molecular weight excluding hydrogens is 222 g/mol. The SMILES string of the molecule is CC[C@@H](CO)NC(C)Cc1ccc(Cl)cc1. The third-order valence-electron chi connectivity index (χ3n) is 2.69. The molecule has 0 bridgehead atoms. The summed E-state index contributed by atoms with van der Waals surface area (Å²) in [5, 5.41) is 13.3. The summed E-state index contributed by atoms with van der Waals surface area (Å²) < 4.78 is 0. The first-order chi connectivity index (χ1) is 7.65. The average Bonchev–Trinajstić information content (AvgIpc) is 2.29. The molecule has 0 amide bonds. The van der Waals surface area contributed by atoms with Crippen LogP contribution in [0.15, 0.2) is 24.3 Å². The molecule has 0 heterocycles. The lowest BCUT2D eigenvalue weighted by atomic mass is 10.1. The van der Waals surface area contributed by atoms with E-state index < -0.39 is 0 Å². The van der Waals surface area contributed by atoms with Crippen molar-refractivity contribution in [2.75, 3.05) is 6.61 Å². The zero-order valence-corrected chi connectivity index (χ0v) is 10.7. The molecule has 0 saturated heterocycles.